The normalized spacial score (nSPS) is 18.0. The molecule has 8 nitrogen and oxygen atoms in total. The lowest BCUT2D eigenvalue weighted by Gasteiger charge is -2.19. The Balaban J connectivity index is 1.66. The highest BCUT2D eigenvalue weighted by Gasteiger charge is 2.47. The number of hydrogen-bond acceptors (Lipinski definition) is 5. The zero-order chi connectivity index (χ0) is 21.0. The van der Waals surface area contributed by atoms with Gasteiger partial charge in [-0.25, -0.2) is 8.78 Å². The predicted octanol–water partition coefficient (Wildman–Crippen LogP) is 1.48. The number of rotatable bonds is 5. The standard InChI is InChI=1S/C19H18F2N6O2/c1-26-11-13(8-25-26)2-3-14-9-23-5-4-16(14)18(29)24-10-17(28)27-12-19(20,21)6-15(27)7-22/h2-5,8-9,11,15H,6,10,12H2,1H3,(H,24,29). The SMILES string of the molecule is Cn1cc(C=Cc2cnccc2C(=O)NCC(=O)N2CC(F)(F)CC2C#N)cn1. The summed E-state index contributed by atoms with van der Waals surface area (Å²) in [5, 5.41) is 15.5. The van der Waals surface area contributed by atoms with Gasteiger partial charge in [-0.15, -0.1) is 0 Å². The molecule has 29 heavy (non-hydrogen) atoms. The molecule has 1 unspecified atom stereocenters. The van der Waals surface area contributed by atoms with E-state index in [4.69, 9.17) is 5.26 Å². The Bertz CT molecular complexity index is 995. The number of nitrogens with one attached hydrogen (secondary N) is 1. The number of carbonyl (C=O) groups is 2. The van der Waals surface area contributed by atoms with E-state index >= 15 is 0 Å². The molecule has 0 saturated carbocycles. The third kappa shape index (κ3) is 4.82. The lowest BCUT2D eigenvalue weighted by Crippen LogP contribution is -2.43. The summed E-state index contributed by atoms with van der Waals surface area (Å²) in [6, 6.07) is 1.99. The van der Waals surface area contributed by atoms with Crippen molar-refractivity contribution in [1.29, 1.82) is 5.26 Å². The Labute approximate surface area is 165 Å². The van der Waals surface area contributed by atoms with Gasteiger partial charge in [-0.1, -0.05) is 12.2 Å². The van der Waals surface area contributed by atoms with E-state index in [1.54, 1.807) is 42.3 Å². The van der Waals surface area contributed by atoms with E-state index in [0.717, 1.165) is 10.5 Å². The van der Waals surface area contributed by atoms with Crippen LogP contribution in [0.3, 0.4) is 0 Å². The number of nitrogens with zero attached hydrogens (tertiary/aromatic N) is 5. The van der Waals surface area contributed by atoms with Gasteiger partial charge in [-0.3, -0.25) is 19.3 Å². The van der Waals surface area contributed by atoms with Crippen LogP contribution >= 0.6 is 0 Å². The minimum Gasteiger partial charge on any atom is -0.343 e. The molecule has 1 atom stereocenters. The van der Waals surface area contributed by atoms with Crippen molar-refractivity contribution in [2.45, 2.75) is 18.4 Å². The van der Waals surface area contributed by atoms with Gasteiger partial charge < -0.3 is 10.2 Å². The Morgan fingerprint density at radius 3 is 2.90 bits per heavy atom. The number of amides is 2. The van der Waals surface area contributed by atoms with Crippen molar-refractivity contribution in [3.63, 3.8) is 0 Å². The zero-order valence-electron chi connectivity index (χ0n) is 15.5. The number of likely N-dealkylation sites (tertiary alicyclic amines) is 1. The van der Waals surface area contributed by atoms with Crippen LogP contribution in [0, 0.1) is 11.3 Å². The van der Waals surface area contributed by atoms with Crippen LogP contribution in [0.25, 0.3) is 12.2 Å². The Kier molecular flexibility index (Phi) is 5.68. The van der Waals surface area contributed by atoms with Crippen molar-refractivity contribution in [3.05, 3.63) is 47.5 Å². The molecule has 2 amide bonds. The molecule has 1 aliphatic rings. The van der Waals surface area contributed by atoms with Crippen molar-refractivity contribution >= 4 is 24.0 Å². The Morgan fingerprint density at radius 2 is 2.21 bits per heavy atom. The molecule has 0 aliphatic carbocycles. The largest absolute Gasteiger partial charge is 0.343 e. The molecule has 2 aromatic rings. The van der Waals surface area contributed by atoms with Crippen LogP contribution in [0.15, 0.2) is 30.9 Å². The van der Waals surface area contributed by atoms with E-state index in [2.05, 4.69) is 15.4 Å². The second kappa shape index (κ2) is 8.18. The van der Waals surface area contributed by atoms with Gasteiger partial charge in [0.25, 0.3) is 11.8 Å². The molecular weight excluding hydrogens is 382 g/mol. The fraction of sp³-hybridized carbons (Fsp3) is 0.316. The molecule has 1 N–H and O–H groups in total. The monoisotopic (exact) mass is 400 g/mol. The van der Waals surface area contributed by atoms with Crippen molar-refractivity contribution < 1.29 is 18.4 Å². The van der Waals surface area contributed by atoms with E-state index in [1.807, 2.05) is 0 Å². The summed E-state index contributed by atoms with van der Waals surface area (Å²) in [7, 11) is 1.78. The number of halogens is 2. The fourth-order valence-electron chi connectivity index (χ4n) is 3.01. The van der Waals surface area contributed by atoms with Gasteiger partial charge in [0.1, 0.15) is 6.04 Å². The molecule has 150 valence electrons. The molecule has 3 heterocycles. The third-order valence-corrected chi connectivity index (χ3v) is 4.42. The molecule has 2 aromatic heterocycles. The molecule has 1 fully saturated rings. The average molecular weight is 400 g/mol. The van der Waals surface area contributed by atoms with Crippen LogP contribution in [0.5, 0.6) is 0 Å². The topological polar surface area (TPSA) is 104 Å². The predicted molar refractivity (Wildman–Crippen MR) is 99.4 cm³/mol. The van der Waals surface area contributed by atoms with E-state index in [9.17, 15) is 18.4 Å². The number of aryl methyl sites for hydroxylation is 1. The highest BCUT2D eigenvalue weighted by molar-refractivity contribution is 6.00. The van der Waals surface area contributed by atoms with Crippen molar-refractivity contribution in [2.75, 3.05) is 13.1 Å². The van der Waals surface area contributed by atoms with Crippen molar-refractivity contribution in [3.8, 4) is 6.07 Å². The summed E-state index contributed by atoms with van der Waals surface area (Å²) < 4.78 is 28.6. The van der Waals surface area contributed by atoms with Gasteiger partial charge in [-0.2, -0.15) is 10.4 Å². The van der Waals surface area contributed by atoms with Crippen LogP contribution in [-0.4, -0.2) is 56.5 Å². The Hall–Kier alpha value is -3.61. The minimum absolute atomic E-state index is 0.275. The molecule has 0 radical (unpaired) electrons. The summed E-state index contributed by atoms with van der Waals surface area (Å²) in [6.07, 6.45) is 9.13. The van der Waals surface area contributed by atoms with Crippen LogP contribution in [0.4, 0.5) is 8.78 Å². The van der Waals surface area contributed by atoms with Gasteiger partial charge >= 0.3 is 0 Å². The summed E-state index contributed by atoms with van der Waals surface area (Å²) in [5.41, 5.74) is 1.62. The summed E-state index contributed by atoms with van der Waals surface area (Å²) >= 11 is 0. The van der Waals surface area contributed by atoms with E-state index in [1.165, 1.54) is 18.5 Å². The molecule has 10 heteroatoms. The van der Waals surface area contributed by atoms with Crippen molar-refractivity contribution in [2.24, 2.45) is 7.05 Å². The van der Waals surface area contributed by atoms with E-state index in [-0.39, 0.29) is 5.56 Å². The first-order chi connectivity index (χ1) is 13.8. The van der Waals surface area contributed by atoms with Crippen LogP contribution in [0.2, 0.25) is 0 Å². The average Bonchev–Trinajstić information content (AvgIpc) is 3.26. The maximum Gasteiger partial charge on any atom is 0.268 e. The van der Waals surface area contributed by atoms with Gasteiger partial charge in [0.05, 0.1) is 25.4 Å². The maximum atomic E-state index is 13.5. The van der Waals surface area contributed by atoms with E-state index < -0.39 is 43.3 Å². The zero-order valence-corrected chi connectivity index (χ0v) is 15.5. The number of carbonyl (C=O) groups excluding carboxylic acids is 2. The maximum absolute atomic E-state index is 13.5. The highest BCUT2D eigenvalue weighted by Crippen LogP contribution is 2.31. The quantitative estimate of drug-likeness (QED) is 0.819. The fourth-order valence-corrected chi connectivity index (χ4v) is 3.01. The van der Waals surface area contributed by atoms with Gasteiger partial charge in [0.2, 0.25) is 5.91 Å². The number of aromatic nitrogens is 3. The van der Waals surface area contributed by atoms with Gasteiger partial charge in [-0.05, 0) is 6.07 Å². The minimum atomic E-state index is -3.10. The summed E-state index contributed by atoms with van der Waals surface area (Å²) in [4.78, 5) is 29.5. The molecule has 0 bridgehead atoms. The molecule has 1 aliphatic heterocycles. The molecule has 3 rings (SSSR count). The lowest BCUT2D eigenvalue weighted by molar-refractivity contribution is -0.131. The molecule has 1 saturated heterocycles. The smallest absolute Gasteiger partial charge is 0.268 e. The second-order valence-electron chi connectivity index (χ2n) is 6.65. The van der Waals surface area contributed by atoms with Gasteiger partial charge in [0, 0.05) is 48.7 Å². The number of hydrogen-bond donors (Lipinski definition) is 1. The molecular formula is C19H18F2N6O2. The van der Waals surface area contributed by atoms with E-state index in [0.29, 0.717) is 5.56 Å². The second-order valence-corrected chi connectivity index (χ2v) is 6.65. The van der Waals surface area contributed by atoms with Crippen LogP contribution < -0.4 is 5.32 Å². The third-order valence-electron chi connectivity index (χ3n) is 4.42. The summed E-state index contributed by atoms with van der Waals surface area (Å²) in [6.45, 7) is -1.31. The van der Waals surface area contributed by atoms with Crippen LogP contribution in [-0.2, 0) is 11.8 Å². The number of alkyl halides is 2. The van der Waals surface area contributed by atoms with Gasteiger partial charge in [0.15, 0.2) is 0 Å². The first-order valence-electron chi connectivity index (χ1n) is 8.75. The molecule has 0 spiro atoms. The number of pyridine rings is 1. The highest BCUT2D eigenvalue weighted by atomic mass is 19.3. The lowest BCUT2D eigenvalue weighted by atomic mass is 10.1. The van der Waals surface area contributed by atoms with Crippen molar-refractivity contribution in [1.82, 2.24) is 25.0 Å². The first kappa shape index (κ1) is 20.1. The van der Waals surface area contributed by atoms with Crippen LogP contribution in [0.1, 0.15) is 27.9 Å². The summed E-state index contributed by atoms with van der Waals surface area (Å²) in [5.74, 6) is -4.38. The molecule has 0 aromatic carbocycles. The Morgan fingerprint density at radius 1 is 1.41 bits per heavy atom. The first-order valence-corrected chi connectivity index (χ1v) is 8.75. The number of nitriles is 1.